The maximum absolute atomic E-state index is 12.8. The van der Waals surface area contributed by atoms with Gasteiger partial charge in [-0.25, -0.2) is 0 Å². The van der Waals surface area contributed by atoms with E-state index in [-0.39, 0.29) is 17.9 Å². The summed E-state index contributed by atoms with van der Waals surface area (Å²) < 4.78 is 2.00. The van der Waals surface area contributed by atoms with Gasteiger partial charge in [-0.2, -0.15) is 5.10 Å². The summed E-state index contributed by atoms with van der Waals surface area (Å²) in [4.78, 5) is 14.8. The third-order valence-corrected chi connectivity index (χ3v) is 5.76. The average molecular weight is 321 g/mol. The zero-order chi connectivity index (χ0) is 17.0. The Kier molecular flexibility index (Phi) is 5.84. The highest BCUT2D eigenvalue weighted by Gasteiger charge is 2.34. The standard InChI is InChI=1S/C18H31N3O2/c1-5-15(6-2)21-14(4)16(12-19-21)17(23)20-10-8-18(7-3,13-22)9-11-20/h12,15,22H,5-11,13H2,1-4H3. The Labute approximate surface area is 139 Å². The van der Waals surface area contributed by atoms with E-state index < -0.39 is 0 Å². The van der Waals surface area contributed by atoms with E-state index in [0.717, 1.165) is 56.5 Å². The van der Waals surface area contributed by atoms with E-state index >= 15 is 0 Å². The Hall–Kier alpha value is -1.36. The average Bonchev–Trinajstić information content (AvgIpc) is 2.97. The molecule has 0 aliphatic carbocycles. The second-order valence-electron chi connectivity index (χ2n) is 6.86. The zero-order valence-electron chi connectivity index (χ0n) is 15.0. The fourth-order valence-electron chi connectivity index (χ4n) is 3.61. The van der Waals surface area contributed by atoms with E-state index in [1.54, 1.807) is 6.20 Å². The lowest BCUT2D eigenvalue weighted by Crippen LogP contribution is -2.44. The molecule has 1 aliphatic heterocycles. The SMILES string of the molecule is CCC(CC)n1ncc(C(=O)N2CCC(CC)(CO)CC2)c1C. The van der Waals surface area contributed by atoms with Crippen molar-refractivity contribution >= 4 is 5.91 Å². The largest absolute Gasteiger partial charge is 0.396 e. The van der Waals surface area contributed by atoms with E-state index in [1.165, 1.54) is 0 Å². The van der Waals surface area contributed by atoms with Gasteiger partial charge < -0.3 is 10.0 Å². The van der Waals surface area contributed by atoms with E-state index in [0.29, 0.717) is 6.04 Å². The van der Waals surface area contributed by atoms with Gasteiger partial charge in [0.25, 0.3) is 5.91 Å². The van der Waals surface area contributed by atoms with Crippen molar-refractivity contribution in [2.75, 3.05) is 19.7 Å². The minimum absolute atomic E-state index is 0.00548. The molecule has 0 unspecified atom stereocenters. The predicted octanol–water partition coefficient (Wildman–Crippen LogP) is 3.18. The fraction of sp³-hybridized carbons (Fsp3) is 0.778. The molecule has 2 rings (SSSR count). The first-order chi connectivity index (χ1) is 11.0. The number of piperidine rings is 1. The number of likely N-dealkylation sites (tertiary alicyclic amines) is 1. The van der Waals surface area contributed by atoms with Gasteiger partial charge in [-0.3, -0.25) is 9.48 Å². The summed E-state index contributed by atoms with van der Waals surface area (Å²) in [6, 6.07) is 0.361. The van der Waals surface area contributed by atoms with Crippen molar-refractivity contribution in [1.82, 2.24) is 14.7 Å². The normalized spacial score (nSPS) is 17.7. The van der Waals surface area contributed by atoms with Crippen LogP contribution in [0.5, 0.6) is 0 Å². The molecule has 1 aromatic rings. The summed E-state index contributed by atoms with van der Waals surface area (Å²) in [6.45, 7) is 10.1. The summed E-state index contributed by atoms with van der Waals surface area (Å²) >= 11 is 0. The first kappa shape index (κ1) is 18.0. The monoisotopic (exact) mass is 321 g/mol. The molecule has 1 aliphatic rings. The number of hydrogen-bond donors (Lipinski definition) is 1. The number of amides is 1. The van der Waals surface area contributed by atoms with Crippen LogP contribution in [0.4, 0.5) is 0 Å². The van der Waals surface area contributed by atoms with Crippen molar-refractivity contribution in [3.63, 3.8) is 0 Å². The lowest BCUT2D eigenvalue weighted by molar-refractivity contribution is 0.0337. The number of nitrogens with zero attached hydrogens (tertiary/aromatic N) is 3. The number of carbonyl (C=O) groups excluding carboxylic acids is 1. The van der Waals surface area contributed by atoms with Crippen molar-refractivity contribution in [1.29, 1.82) is 0 Å². The Bertz CT molecular complexity index is 520. The molecule has 0 aromatic carbocycles. The Morgan fingerprint density at radius 2 is 1.91 bits per heavy atom. The topological polar surface area (TPSA) is 58.4 Å². The Balaban J connectivity index is 2.11. The van der Waals surface area contributed by atoms with Crippen molar-refractivity contribution in [3.8, 4) is 0 Å². The van der Waals surface area contributed by atoms with Crippen LogP contribution in [0.15, 0.2) is 6.20 Å². The molecule has 1 saturated heterocycles. The quantitative estimate of drug-likeness (QED) is 0.875. The third-order valence-electron chi connectivity index (χ3n) is 5.76. The van der Waals surface area contributed by atoms with Crippen LogP contribution in [0.25, 0.3) is 0 Å². The molecule has 1 amide bonds. The molecule has 1 N–H and O–H groups in total. The summed E-state index contributed by atoms with van der Waals surface area (Å²) in [5, 5.41) is 14.1. The van der Waals surface area contributed by atoms with Crippen LogP contribution in [-0.4, -0.2) is 45.4 Å². The zero-order valence-corrected chi connectivity index (χ0v) is 15.0. The minimum atomic E-state index is 0.00548. The summed E-state index contributed by atoms with van der Waals surface area (Å²) in [5.74, 6) is 0.0855. The second kappa shape index (κ2) is 7.47. The lowest BCUT2D eigenvalue weighted by Gasteiger charge is -2.40. The predicted molar refractivity (Wildman–Crippen MR) is 91.5 cm³/mol. The van der Waals surface area contributed by atoms with Gasteiger partial charge in [-0.15, -0.1) is 0 Å². The molecule has 5 nitrogen and oxygen atoms in total. The van der Waals surface area contributed by atoms with Crippen LogP contribution in [0, 0.1) is 12.3 Å². The van der Waals surface area contributed by atoms with Gasteiger partial charge in [0.2, 0.25) is 0 Å². The molecule has 2 heterocycles. The maximum atomic E-state index is 12.8. The van der Waals surface area contributed by atoms with E-state index in [1.807, 2.05) is 16.5 Å². The number of aliphatic hydroxyl groups excluding tert-OH is 1. The minimum Gasteiger partial charge on any atom is -0.396 e. The van der Waals surface area contributed by atoms with E-state index in [9.17, 15) is 9.90 Å². The second-order valence-corrected chi connectivity index (χ2v) is 6.86. The first-order valence-corrected chi connectivity index (χ1v) is 8.96. The van der Waals surface area contributed by atoms with E-state index in [2.05, 4.69) is 25.9 Å². The van der Waals surface area contributed by atoms with E-state index in [4.69, 9.17) is 0 Å². The summed E-state index contributed by atoms with van der Waals surface area (Å²) in [5.41, 5.74) is 1.70. The van der Waals surface area contributed by atoms with Crippen LogP contribution < -0.4 is 0 Å². The van der Waals surface area contributed by atoms with Crippen molar-refractivity contribution in [3.05, 3.63) is 17.5 Å². The van der Waals surface area contributed by atoms with Crippen LogP contribution in [-0.2, 0) is 0 Å². The molecule has 0 bridgehead atoms. The van der Waals surface area contributed by atoms with Crippen molar-refractivity contribution < 1.29 is 9.90 Å². The van der Waals surface area contributed by atoms with Gasteiger partial charge in [0.15, 0.2) is 0 Å². The number of rotatable bonds is 6. The molecule has 0 spiro atoms. The maximum Gasteiger partial charge on any atom is 0.257 e. The van der Waals surface area contributed by atoms with Gasteiger partial charge in [-0.05, 0) is 44.4 Å². The molecule has 1 fully saturated rings. The number of aromatic nitrogens is 2. The van der Waals surface area contributed by atoms with Crippen LogP contribution in [0.3, 0.4) is 0 Å². The Morgan fingerprint density at radius 1 is 1.30 bits per heavy atom. The van der Waals surface area contributed by atoms with Crippen LogP contribution in [0.2, 0.25) is 0 Å². The van der Waals surface area contributed by atoms with Crippen LogP contribution in [0.1, 0.15) is 75.0 Å². The molecule has 1 aromatic heterocycles. The lowest BCUT2D eigenvalue weighted by atomic mass is 9.77. The summed E-state index contributed by atoms with van der Waals surface area (Å²) in [7, 11) is 0. The van der Waals surface area contributed by atoms with Gasteiger partial charge in [0, 0.05) is 25.4 Å². The Morgan fingerprint density at radius 3 is 2.39 bits per heavy atom. The highest BCUT2D eigenvalue weighted by Crippen LogP contribution is 2.34. The number of carbonyl (C=O) groups is 1. The first-order valence-electron chi connectivity index (χ1n) is 8.96. The molecular formula is C18H31N3O2. The van der Waals surface area contributed by atoms with Crippen molar-refractivity contribution in [2.24, 2.45) is 5.41 Å². The van der Waals surface area contributed by atoms with Gasteiger partial charge in [-0.1, -0.05) is 20.8 Å². The summed E-state index contributed by atoms with van der Waals surface area (Å²) in [6.07, 6.45) is 6.50. The molecule has 0 atom stereocenters. The van der Waals surface area contributed by atoms with Gasteiger partial charge >= 0.3 is 0 Å². The molecule has 5 heteroatoms. The molecule has 0 saturated carbocycles. The van der Waals surface area contributed by atoms with Crippen molar-refractivity contribution in [2.45, 2.75) is 65.8 Å². The molecule has 0 radical (unpaired) electrons. The number of hydrogen-bond acceptors (Lipinski definition) is 3. The molecule has 23 heavy (non-hydrogen) atoms. The number of aliphatic hydroxyl groups is 1. The third kappa shape index (κ3) is 3.44. The van der Waals surface area contributed by atoms with Crippen LogP contribution >= 0.6 is 0 Å². The molecular weight excluding hydrogens is 290 g/mol. The highest BCUT2D eigenvalue weighted by atomic mass is 16.3. The highest BCUT2D eigenvalue weighted by molar-refractivity contribution is 5.95. The smallest absolute Gasteiger partial charge is 0.257 e. The van der Waals surface area contributed by atoms with Gasteiger partial charge in [0.05, 0.1) is 17.8 Å². The molecule has 130 valence electrons. The van der Waals surface area contributed by atoms with Gasteiger partial charge in [0.1, 0.15) is 0 Å². The fourth-order valence-corrected chi connectivity index (χ4v) is 3.61.